The number of rotatable bonds is 4. The number of para-hydroxylation sites is 1. The number of likely N-dealkylation sites (N-methyl/N-ethyl adjacent to an activating group) is 1. The number of fused-ring (bicyclic) bond motifs is 1. The Morgan fingerprint density at radius 3 is 2.52 bits per heavy atom. The highest BCUT2D eigenvalue weighted by Crippen LogP contribution is 2.41. The van der Waals surface area contributed by atoms with Crippen LogP contribution in [0.5, 0.6) is 0 Å². The van der Waals surface area contributed by atoms with E-state index in [-0.39, 0.29) is 12.2 Å². The number of carbonyl (C=O) groups excluding carboxylic acids is 2. The Hall–Kier alpha value is -2.72. The first-order valence-electron chi connectivity index (χ1n) is 7.38. The van der Waals surface area contributed by atoms with Gasteiger partial charge in [0.25, 0.3) is 5.91 Å². The van der Waals surface area contributed by atoms with Gasteiger partial charge in [-0.2, -0.15) is 0 Å². The highest BCUT2D eigenvalue weighted by Gasteiger charge is 2.49. The minimum absolute atomic E-state index is 0.267. The lowest BCUT2D eigenvalue weighted by atomic mass is 9.90. The molecule has 3 rings (SSSR count). The molecule has 4 heteroatoms. The molecule has 0 radical (unpaired) electrons. The molecule has 2 aromatic carbocycles. The first kappa shape index (κ1) is 15.2. The molecule has 116 valence electrons. The van der Waals surface area contributed by atoms with Crippen molar-refractivity contribution >= 4 is 23.5 Å². The molecule has 2 aromatic rings. The van der Waals surface area contributed by atoms with Gasteiger partial charge in [-0.05, 0) is 17.7 Å². The maximum atomic E-state index is 12.4. The summed E-state index contributed by atoms with van der Waals surface area (Å²) < 4.78 is 0. The van der Waals surface area contributed by atoms with E-state index in [0.717, 1.165) is 5.56 Å². The molecule has 0 saturated heterocycles. The summed E-state index contributed by atoms with van der Waals surface area (Å²) in [5.41, 5.74) is 0.223. The topological polar surface area (TPSA) is 57.6 Å². The molecular weight excluding hydrogens is 290 g/mol. The number of hydrogen-bond donors (Lipinski definition) is 1. The average molecular weight is 307 g/mol. The quantitative estimate of drug-likeness (QED) is 0.883. The van der Waals surface area contributed by atoms with E-state index in [9.17, 15) is 14.7 Å². The van der Waals surface area contributed by atoms with Crippen molar-refractivity contribution in [2.45, 2.75) is 12.0 Å². The number of benzene rings is 2. The first-order valence-corrected chi connectivity index (χ1v) is 7.38. The van der Waals surface area contributed by atoms with Gasteiger partial charge in [-0.1, -0.05) is 54.6 Å². The summed E-state index contributed by atoms with van der Waals surface area (Å²) in [7, 11) is 1.60. The largest absolute Gasteiger partial charge is 0.375 e. The normalized spacial score (nSPS) is 20.1. The van der Waals surface area contributed by atoms with E-state index in [0.29, 0.717) is 11.3 Å². The lowest BCUT2D eigenvalue weighted by Crippen LogP contribution is -2.40. The fraction of sp³-hybridized carbons (Fsp3) is 0.158. The first-order chi connectivity index (χ1) is 11.0. The maximum Gasteiger partial charge on any atom is 0.263 e. The van der Waals surface area contributed by atoms with Crippen molar-refractivity contribution < 1.29 is 14.7 Å². The zero-order valence-electron chi connectivity index (χ0n) is 12.8. The second-order valence-electron chi connectivity index (χ2n) is 5.63. The van der Waals surface area contributed by atoms with Crippen molar-refractivity contribution in [3.63, 3.8) is 0 Å². The van der Waals surface area contributed by atoms with Crippen molar-refractivity contribution in [2.75, 3.05) is 11.9 Å². The van der Waals surface area contributed by atoms with Gasteiger partial charge in [0, 0.05) is 12.6 Å². The van der Waals surface area contributed by atoms with E-state index in [2.05, 4.69) is 0 Å². The fourth-order valence-electron chi connectivity index (χ4n) is 2.85. The molecule has 1 atom stereocenters. The smallest absolute Gasteiger partial charge is 0.263 e. The van der Waals surface area contributed by atoms with Gasteiger partial charge in [0.1, 0.15) is 0 Å². The standard InChI is InChI=1S/C19H17NO3/c1-20-17-10-6-5-9-16(17)19(23,18(20)22)13-15(21)12-11-14-7-3-2-4-8-14/h2-12,23H,13H2,1H3/b12-11-/t19-/m1/s1. The van der Waals surface area contributed by atoms with Crippen LogP contribution in [0, 0.1) is 0 Å². The Labute approximate surface area is 134 Å². The third-order valence-corrected chi connectivity index (χ3v) is 4.06. The van der Waals surface area contributed by atoms with E-state index < -0.39 is 11.5 Å². The van der Waals surface area contributed by atoms with Gasteiger partial charge in [0.15, 0.2) is 11.4 Å². The lowest BCUT2D eigenvalue weighted by Gasteiger charge is -2.20. The van der Waals surface area contributed by atoms with Crippen LogP contribution in [0.25, 0.3) is 6.08 Å². The fourth-order valence-corrected chi connectivity index (χ4v) is 2.85. The van der Waals surface area contributed by atoms with Crippen molar-refractivity contribution in [3.8, 4) is 0 Å². The van der Waals surface area contributed by atoms with Gasteiger partial charge in [-0.25, -0.2) is 0 Å². The highest BCUT2D eigenvalue weighted by atomic mass is 16.3. The van der Waals surface area contributed by atoms with Crippen LogP contribution in [0.4, 0.5) is 5.69 Å². The molecule has 1 aliphatic rings. The van der Waals surface area contributed by atoms with E-state index in [4.69, 9.17) is 0 Å². The number of carbonyl (C=O) groups is 2. The summed E-state index contributed by atoms with van der Waals surface area (Å²) in [5, 5.41) is 10.8. The van der Waals surface area contributed by atoms with Gasteiger partial charge < -0.3 is 10.0 Å². The van der Waals surface area contributed by atoms with Gasteiger partial charge in [0.2, 0.25) is 0 Å². The van der Waals surface area contributed by atoms with Gasteiger partial charge in [-0.3, -0.25) is 9.59 Å². The Kier molecular flexibility index (Phi) is 3.84. The molecule has 1 heterocycles. The van der Waals surface area contributed by atoms with Crippen LogP contribution in [0.3, 0.4) is 0 Å². The number of anilines is 1. The van der Waals surface area contributed by atoms with E-state index in [1.165, 1.54) is 11.0 Å². The van der Waals surface area contributed by atoms with Crippen molar-refractivity contribution in [2.24, 2.45) is 0 Å². The van der Waals surface area contributed by atoms with Gasteiger partial charge in [0.05, 0.1) is 12.1 Å². The predicted molar refractivity (Wildman–Crippen MR) is 88.8 cm³/mol. The summed E-state index contributed by atoms with van der Waals surface area (Å²) >= 11 is 0. The van der Waals surface area contributed by atoms with E-state index in [1.54, 1.807) is 37.4 Å². The number of ketones is 1. The Morgan fingerprint density at radius 2 is 1.78 bits per heavy atom. The number of allylic oxidation sites excluding steroid dienone is 1. The van der Waals surface area contributed by atoms with Crippen LogP contribution in [-0.4, -0.2) is 23.8 Å². The van der Waals surface area contributed by atoms with E-state index in [1.807, 2.05) is 30.3 Å². The monoisotopic (exact) mass is 307 g/mol. The van der Waals surface area contributed by atoms with Crippen molar-refractivity contribution in [1.82, 2.24) is 0 Å². The van der Waals surface area contributed by atoms with Crippen molar-refractivity contribution in [3.05, 3.63) is 71.8 Å². The van der Waals surface area contributed by atoms with E-state index >= 15 is 0 Å². The maximum absolute atomic E-state index is 12.4. The molecule has 0 spiro atoms. The van der Waals surface area contributed by atoms with Gasteiger partial charge >= 0.3 is 0 Å². The van der Waals surface area contributed by atoms with Crippen LogP contribution >= 0.6 is 0 Å². The molecule has 0 aliphatic carbocycles. The summed E-state index contributed by atoms with van der Waals surface area (Å²) in [5.74, 6) is -0.769. The molecule has 1 N–H and O–H groups in total. The summed E-state index contributed by atoms with van der Waals surface area (Å²) in [6.07, 6.45) is 2.82. The third-order valence-electron chi connectivity index (χ3n) is 4.06. The Balaban J connectivity index is 1.83. The lowest BCUT2D eigenvalue weighted by molar-refractivity contribution is -0.140. The van der Waals surface area contributed by atoms with Crippen LogP contribution in [0.15, 0.2) is 60.7 Å². The number of aliphatic hydroxyl groups is 1. The van der Waals surface area contributed by atoms with Crippen LogP contribution < -0.4 is 4.90 Å². The number of nitrogens with zero attached hydrogens (tertiary/aromatic N) is 1. The molecule has 0 bridgehead atoms. The molecule has 0 aromatic heterocycles. The van der Waals surface area contributed by atoms with Crippen LogP contribution in [-0.2, 0) is 15.2 Å². The molecule has 0 unspecified atom stereocenters. The molecule has 0 fully saturated rings. The van der Waals surface area contributed by atoms with Crippen LogP contribution in [0.2, 0.25) is 0 Å². The van der Waals surface area contributed by atoms with Gasteiger partial charge in [-0.15, -0.1) is 0 Å². The summed E-state index contributed by atoms with van der Waals surface area (Å²) in [6, 6.07) is 16.4. The zero-order chi connectivity index (χ0) is 16.4. The number of hydrogen-bond acceptors (Lipinski definition) is 3. The summed E-state index contributed by atoms with van der Waals surface area (Å²) in [6.45, 7) is 0. The minimum atomic E-state index is -1.79. The molecule has 1 amide bonds. The number of amides is 1. The average Bonchev–Trinajstić information content (AvgIpc) is 2.76. The zero-order valence-corrected chi connectivity index (χ0v) is 12.8. The second kappa shape index (κ2) is 5.82. The molecule has 23 heavy (non-hydrogen) atoms. The minimum Gasteiger partial charge on any atom is -0.375 e. The Morgan fingerprint density at radius 1 is 1.13 bits per heavy atom. The molecule has 1 aliphatic heterocycles. The SMILES string of the molecule is CN1C(=O)[C@@](O)(CC(=O)/C=C\c2ccccc2)c2ccccc21. The van der Waals surface area contributed by atoms with Crippen LogP contribution in [0.1, 0.15) is 17.5 Å². The van der Waals surface area contributed by atoms with Crippen molar-refractivity contribution in [1.29, 1.82) is 0 Å². The molecular formula is C19H17NO3. The molecule has 0 saturated carbocycles. The highest BCUT2D eigenvalue weighted by molar-refractivity contribution is 6.09. The molecule has 4 nitrogen and oxygen atoms in total. The predicted octanol–water partition coefficient (Wildman–Crippen LogP) is 2.52. The Bertz CT molecular complexity index is 782. The second-order valence-corrected chi connectivity index (χ2v) is 5.63. The summed E-state index contributed by atoms with van der Waals surface area (Å²) in [4.78, 5) is 26.0. The third kappa shape index (κ3) is 2.69.